The Labute approximate surface area is 155 Å². The number of halogens is 1. The Kier molecular flexibility index (Phi) is 5.01. The number of carbonyl (C=O) groups excluding carboxylic acids is 1. The van der Waals surface area contributed by atoms with E-state index in [9.17, 15) is 4.79 Å². The van der Waals surface area contributed by atoms with Crippen molar-refractivity contribution in [3.05, 3.63) is 47.0 Å². The van der Waals surface area contributed by atoms with E-state index < -0.39 is 0 Å². The number of rotatable bonds is 4. The van der Waals surface area contributed by atoms with E-state index in [1.165, 1.54) is 0 Å². The molecule has 0 unspecified atom stereocenters. The lowest BCUT2D eigenvalue weighted by Gasteiger charge is -2.12. The fourth-order valence-electron chi connectivity index (χ4n) is 2.62. The molecule has 130 valence electrons. The number of hydrogen-bond acceptors (Lipinski definition) is 5. The van der Waals surface area contributed by atoms with Crippen LogP contribution in [-0.2, 0) is 4.79 Å². The van der Waals surface area contributed by atoms with Gasteiger partial charge in [-0.05, 0) is 36.8 Å². The Hall–Kier alpha value is -3.17. The second kappa shape index (κ2) is 7.38. The minimum absolute atomic E-state index is 0.152. The first-order valence-corrected chi connectivity index (χ1v) is 8.36. The van der Waals surface area contributed by atoms with Gasteiger partial charge in [-0.2, -0.15) is 5.26 Å². The summed E-state index contributed by atoms with van der Waals surface area (Å²) in [6.07, 6.45) is 0.329. The first kappa shape index (κ1) is 17.6. The molecule has 3 N–H and O–H groups in total. The molecule has 0 spiro atoms. The first-order valence-electron chi connectivity index (χ1n) is 7.98. The standard InChI is InChI=1S/C19H16ClN5O/c1-11-4-5-12(9-16(11)23-17(26)3-2-8-21)18-14-10-13(20)6-7-15(14)24-19(22)25-18/h4-7,9-10H,2-3H2,1H3,(H,23,26)(H2,22,24,25). The number of aromatic nitrogens is 2. The summed E-state index contributed by atoms with van der Waals surface area (Å²) < 4.78 is 0. The van der Waals surface area contributed by atoms with E-state index in [1.54, 1.807) is 18.2 Å². The number of anilines is 2. The van der Waals surface area contributed by atoms with Gasteiger partial charge in [0.05, 0.1) is 17.3 Å². The molecule has 0 bridgehead atoms. The van der Waals surface area contributed by atoms with Crippen LogP contribution in [0.25, 0.3) is 22.2 Å². The van der Waals surface area contributed by atoms with Crippen molar-refractivity contribution in [2.45, 2.75) is 19.8 Å². The third kappa shape index (κ3) is 3.73. The second-order valence-electron chi connectivity index (χ2n) is 5.83. The Morgan fingerprint density at radius 3 is 2.85 bits per heavy atom. The van der Waals surface area contributed by atoms with Crippen LogP contribution in [-0.4, -0.2) is 15.9 Å². The molecule has 3 aromatic rings. The molecule has 1 amide bonds. The predicted octanol–water partition coefficient (Wildman–Crippen LogP) is 4.08. The molecule has 1 aromatic heterocycles. The van der Waals surface area contributed by atoms with E-state index in [0.717, 1.165) is 16.5 Å². The summed E-state index contributed by atoms with van der Waals surface area (Å²) in [5, 5.41) is 12.8. The molecule has 0 saturated carbocycles. The summed E-state index contributed by atoms with van der Waals surface area (Å²) in [7, 11) is 0. The smallest absolute Gasteiger partial charge is 0.225 e. The highest BCUT2D eigenvalue weighted by Crippen LogP contribution is 2.31. The number of aryl methyl sites for hydroxylation is 1. The van der Waals surface area contributed by atoms with Crippen molar-refractivity contribution in [1.82, 2.24) is 9.97 Å². The predicted molar refractivity (Wildman–Crippen MR) is 103 cm³/mol. The number of hydrogen-bond donors (Lipinski definition) is 2. The van der Waals surface area contributed by atoms with Gasteiger partial charge in [0, 0.05) is 34.5 Å². The van der Waals surface area contributed by atoms with Crippen LogP contribution >= 0.6 is 11.6 Å². The molecule has 2 aromatic carbocycles. The zero-order valence-corrected chi connectivity index (χ0v) is 14.8. The van der Waals surface area contributed by atoms with E-state index in [2.05, 4.69) is 15.3 Å². The molecule has 0 aliphatic carbocycles. The number of carbonyl (C=O) groups is 1. The van der Waals surface area contributed by atoms with Crippen molar-refractivity contribution >= 4 is 40.0 Å². The van der Waals surface area contributed by atoms with Crippen molar-refractivity contribution in [2.75, 3.05) is 11.1 Å². The van der Waals surface area contributed by atoms with Crippen LogP contribution in [0.4, 0.5) is 11.6 Å². The van der Waals surface area contributed by atoms with Crippen LogP contribution in [0.5, 0.6) is 0 Å². The van der Waals surface area contributed by atoms with Crippen LogP contribution < -0.4 is 11.1 Å². The van der Waals surface area contributed by atoms with Crippen LogP contribution in [0.3, 0.4) is 0 Å². The van der Waals surface area contributed by atoms with Gasteiger partial charge in [0.15, 0.2) is 0 Å². The van der Waals surface area contributed by atoms with Crippen LogP contribution in [0.2, 0.25) is 5.02 Å². The Bertz CT molecular complexity index is 1040. The molecule has 0 aliphatic heterocycles. The van der Waals surface area contributed by atoms with Gasteiger partial charge in [0.2, 0.25) is 11.9 Å². The van der Waals surface area contributed by atoms with Crippen molar-refractivity contribution < 1.29 is 4.79 Å². The molecule has 0 aliphatic rings. The number of nitriles is 1. The van der Waals surface area contributed by atoms with E-state index in [-0.39, 0.29) is 24.7 Å². The summed E-state index contributed by atoms with van der Waals surface area (Å²) in [6.45, 7) is 1.90. The molecule has 7 heteroatoms. The minimum atomic E-state index is -0.207. The lowest BCUT2D eigenvalue weighted by atomic mass is 10.0. The summed E-state index contributed by atoms with van der Waals surface area (Å²) in [6, 6.07) is 12.9. The topological polar surface area (TPSA) is 105 Å². The van der Waals surface area contributed by atoms with Crippen molar-refractivity contribution in [1.29, 1.82) is 5.26 Å². The fraction of sp³-hybridized carbons (Fsp3) is 0.158. The highest BCUT2D eigenvalue weighted by Gasteiger charge is 2.12. The number of nitrogens with one attached hydrogen (secondary N) is 1. The van der Waals surface area contributed by atoms with Crippen molar-refractivity contribution in [2.24, 2.45) is 0 Å². The number of nitrogen functional groups attached to an aromatic ring is 1. The highest BCUT2D eigenvalue weighted by atomic mass is 35.5. The van der Waals surface area contributed by atoms with Crippen molar-refractivity contribution in [3.63, 3.8) is 0 Å². The maximum absolute atomic E-state index is 12.0. The third-order valence-corrected chi connectivity index (χ3v) is 4.16. The molecule has 0 fully saturated rings. The largest absolute Gasteiger partial charge is 0.368 e. The van der Waals surface area contributed by atoms with Gasteiger partial charge in [0.25, 0.3) is 0 Å². The van der Waals surface area contributed by atoms with Gasteiger partial charge in [-0.25, -0.2) is 9.97 Å². The Morgan fingerprint density at radius 2 is 2.08 bits per heavy atom. The molecule has 0 atom stereocenters. The molecular weight excluding hydrogens is 350 g/mol. The summed E-state index contributed by atoms with van der Waals surface area (Å²) in [5.41, 5.74) is 9.54. The van der Waals surface area contributed by atoms with Gasteiger partial charge in [-0.3, -0.25) is 4.79 Å². The van der Waals surface area contributed by atoms with E-state index in [0.29, 0.717) is 21.9 Å². The average molecular weight is 366 g/mol. The highest BCUT2D eigenvalue weighted by molar-refractivity contribution is 6.31. The van der Waals surface area contributed by atoms with E-state index >= 15 is 0 Å². The van der Waals surface area contributed by atoms with Crippen molar-refractivity contribution in [3.8, 4) is 17.3 Å². The summed E-state index contributed by atoms with van der Waals surface area (Å²) >= 11 is 6.12. The number of benzene rings is 2. The molecular formula is C19H16ClN5O. The monoisotopic (exact) mass is 365 g/mol. The van der Waals surface area contributed by atoms with Gasteiger partial charge in [0.1, 0.15) is 0 Å². The maximum Gasteiger partial charge on any atom is 0.225 e. The molecule has 1 heterocycles. The van der Waals surface area contributed by atoms with Crippen LogP contribution in [0.15, 0.2) is 36.4 Å². The molecule has 0 radical (unpaired) electrons. The zero-order chi connectivity index (χ0) is 18.7. The first-order chi connectivity index (χ1) is 12.5. The number of amides is 1. The number of fused-ring (bicyclic) bond motifs is 1. The Balaban J connectivity index is 2.06. The molecule has 3 rings (SSSR count). The zero-order valence-electron chi connectivity index (χ0n) is 14.1. The summed E-state index contributed by atoms with van der Waals surface area (Å²) in [4.78, 5) is 20.6. The third-order valence-electron chi connectivity index (χ3n) is 3.92. The SMILES string of the molecule is Cc1ccc(-c2nc(N)nc3ccc(Cl)cc23)cc1NC(=O)CCC#N. The van der Waals surface area contributed by atoms with Gasteiger partial charge in [-0.1, -0.05) is 23.7 Å². The summed E-state index contributed by atoms with van der Waals surface area (Å²) in [5.74, 6) is -0.0445. The fourth-order valence-corrected chi connectivity index (χ4v) is 2.80. The van der Waals surface area contributed by atoms with Gasteiger partial charge >= 0.3 is 0 Å². The average Bonchev–Trinajstić information content (AvgIpc) is 2.61. The second-order valence-corrected chi connectivity index (χ2v) is 6.26. The van der Waals surface area contributed by atoms with Crippen LogP contribution in [0.1, 0.15) is 18.4 Å². The van der Waals surface area contributed by atoms with Gasteiger partial charge in [-0.15, -0.1) is 0 Å². The maximum atomic E-state index is 12.0. The lowest BCUT2D eigenvalue weighted by molar-refractivity contribution is -0.116. The number of nitrogens with two attached hydrogens (primary N) is 1. The Morgan fingerprint density at radius 1 is 1.27 bits per heavy atom. The lowest BCUT2D eigenvalue weighted by Crippen LogP contribution is -2.12. The van der Waals surface area contributed by atoms with E-state index in [1.807, 2.05) is 31.2 Å². The molecule has 6 nitrogen and oxygen atoms in total. The van der Waals surface area contributed by atoms with E-state index in [4.69, 9.17) is 22.6 Å². The number of nitrogens with zero attached hydrogens (tertiary/aromatic N) is 3. The normalized spacial score (nSPS) is 10.5. The quantitative estimate of drug-likeness (QED) is 0.724. The minimum Gasteiger partial charge on any atom is -0.368 e. The van der Waals surface area contributed by atoms with Gasteiger partial charge < -0.3 is 11.1 Å². The molecule has 0 saturated heterocycles. The molecule has 26 heavy (non-hydrogen) atoms. The van der Waals surface area contributed by atoms with Crippen LogP contribution in [0, 0.1) is 18.3 Å².